The van der Waals surface area contributed by atoms with Gasteiger partial charge in [0, 0.05) is 12.5 Å². The van der Waals surface area contributed by atoms with Crippen molar-refractivity contribution in [2.45, 2.75) is 37.8 Å². The molecule has 0 spiro atoms. The molecule has 3 aromatic carbocycles. The van der Waals surface area contributed by atoms with Gasteiger partial charge in [-0.25, -0.2) is 14.4 Å². The minimum Gasteiger partial charge on any atom is -0.459 e. The number of aliphatic hydroxyl groups excluding tert-OH is 1. The summed E-state index contributed by atoms with van der Waals surface area (Å²) in [4.78, 5) is 54.3. The number of rotatable bonds is 13. The van der Waals surface area contributed by atoms with Gasteiger partial charge in [0.25, 0.3) is 0 Å². The van der Waals surface area contributed by atoms with Crippen LogP contribution in [0.2, 0.25) is 0 Å². The quantitative estimate of drug-likeness (QED) is 0.150. The molecule has 3 aromatic rings. The normalized spacial score (nSPS) is 17.9. The highest BCUT2D eigenvalue weighted by Crippen LogP contribution is 2.33. The van der Waals surface area contributed by atoms with Gasteiger partial charge in [-0.1, -0.05) is 97.1 Å². The number of ether oxygens (including phenoxy) is 3. The van der Waals surface area contributed by atoms with Crippen LogP contribution in [-0.4, -0.2) is 65.3 Å². The summed E-state index contributed by atoms with van der Waals surface area (Å²) in [6.07, 6.45) is 0.0429. The Bertz CT molecular complexity index is 1440. The summed E-state index contributed by atoms with van der Waals surface area (Å²) in [5.41, 5.74) is 0.517. The molecule has 1 aliphatic heterocycles. The van der Waals surface area contributed by atoms with Crippen molar-refractivity contribution in [2.24, 2.45) is 5.92 Å². The molecule has 3 N–H and O–H groups in total. The van der Waals surface area contributed by atoms with Crippen molar-refractivity contribution >= 4 is 24.1 Å². The number of aliphatic hydroxyl groups is 1. The zero-order valence-electron chi connectivity index (χ0n) is 24.8. The van der Waals surface area contributed by atoms with E-state index in [1.54, 1.807) is 54.6 Å². The maximum absolute atomic E-state index is 13.8. The van der Waals surface area contributed by atoms with Gasteiger partial charge in [-0.15, -0.1) is 6.58 Å². The van der Waals surface area contributed by atoms with Gasteiger partial charge in [0.15, 0.2) is 5.54 Å². The van der Waals surface area contributed by atoms with Crippen LogP contribution in [0.5, 0.6) is 0 Å². The van der Waals surface area contributed by atoms with Crippen LogP contribution >= 0.6 is 0 Å². The van der Waals surface area contributed by atoms with Gasteiger partial charge in [-0.05, 0) is 23.1 Å². The molecule has 4 rings (SSSR count). The standard InChI is InChI=1S/C34H37N3O8/c1-2-12-28-19-37(30(39)29(20-38)35-32(41)44-22-26-15-8-4-9-16-26)24-34(28,31(40)43-21-25-13-6-3-7-14-25)36-33(42)45-23-27-17-10-5-11-18-27/h2-11,13-18,28-29,38H,1,12,19-24H2,(H,35,41)(H,36,42)/t28-,29-,34-/m0/s1. The molecule has 45 heavy (non-hydrogen) atoms. The van der Waals surface area contributed by atoms with Gasteiger partial charge in [-0.2, -0.15) is 0 Å². The van der Waals surface area contributed by atoms with Crippen LogP contribution in [0.3, 0.4) is 0 Å². The lowest BCUT2D eigenvalue weighted by Crippen LogP contribution is -2.61. The first kappa shape index (κ1) is 32.7. The average molecular weight is 616 g/mol. The summed E-state index contributed by atoms with van der Waals surface area (Å²) in [5.74, 6) is -2.09. The van der Waals surface area contributed by atoms with E-state index >= 15 is 0 Å². The lowest BCUT2D eigenvalue weighted by Gasteiger charge is -2.32. The average Bonchev–Trinajstić information content (AvgIpc) is 3.44. The molecule has 0 aliphatic carbocycles. The molecule has 11 heteroatoms. The molecular formula is C34H37N3O8. The van der Waals surface area contributed by atoms with Crippen molar-refractivity contribution in [3.63, 3.8) is 0 Å². The third kappa shape index (κ3) is 8.93. The van der Waals surface area contributed by atoms with Crippen LogP contribution in [0, 0.1) is 5.92 Å². The molecule has 3 amide bonds. The number of amides is 3. The summed E-state index contributed by atoms with van der Waals surface area (Å²) >= 11 is 0. The van der Waals surface area contributed by atoms with Crippen LogP contribution in [0.15, 0.2) is 104 Å². The van der Waals surface area contributed by atoms with Crippen LogP contribution in [0.4, 0.5) is 9.59 Å². The first-order valence-corrected chi connectivity index (χ1v) is 14.5. The van der Waals surface area contributed by atoms with Gasteiger partial charge in [0.1, 0.15) is 25.9 Å². The topological polar surface area (TPSA) is 144 Å². The lowest BCUT2D eigenvalue weighted by molar-refractivity contribution is -0.154. The molecule has 1 aliphatic rings. The Kier molecular flexibility index (Phi) is 11.7. The van der Waals surface area contributed by atoms with Crippen LogP contribution in [0.1, 0.15) is 23.1 Å². The molecule has 0 radical (unpaired) electrons. The highest BCUT2D eigenvalue weighted by atomic mass is 16.6. The molecule has 0 aromatic heterocycles. The van der Waals surface area contributed by atoms with E-state index in [2.05, 4.69) is 17.2 Å². The Balaban J connectivity index is 1.50. The zero-order valence-corrected chi connectivity index (χ0v) is 24.8. The van der Waals surface area contributed by atoms with E-state index in [4.69, 9.17) is 14.2 Å². The van der Waals surface area contributed by atoms with Crippen molar-refractivity contribution < 1.29 is 38.5 Å². The number of alkyl carbamates (subject to hydrolysis) is 2. The van der Waals surface area contributed by atoms with E-state index in [1.807, 2.05) is 42.5 Å². The minimum atomic E-state index is -1.71. The molecule has 11 nitrogen and oxygen atoms in total. The van der Waals surface area contributed by atoms with E-state index in [1.165, 1.54) is 4.90 Å². The first-order chi connectivity index (χ1) is 21.8. The second-order valence-corrected chi connectivity index (χ2v) is 10.6. The van der Waals surface area contributed by atoms with Gasteiger partial charge in [0.2, 0.25) is 5.91 Å². The fourth-order valence-corrected chi connectivity index (χ4v) is 5.09. The smallest absolute Gasteiger partial charge is 0.408 e. The first-order valence-electron chi connectivity index (χ1n) is 14.5. The fraction of sp³-hybridized carbons (Fsp3) is 0.294. The number of hydrogen-bond donors (Lipinski definition) is 3. The monoisotopic (exact) mass is 615 g/mol. The summed E-state index contributed by atoms with van der Waals surface area (Å²) in [6.45, 7) is 2.63. The highest BCUT2D eigenvalue weighted by molar-refractivity contribution is 5.91. The second-order valence-electron chi connectivity index (χ2n) is 10.6. The van der Waals surface area contributed by atoms with Crippen LogP contribution in [0.25, 0.3) is 0 Å². The van der Waals surface area contributed by atoms with Crippen molar-refractivity contribution in [1.82, 2.24) is 15.5 Å². The SMILES string of the molecule is C=CC[C@H]1CN(C(=O)[C@H](CO)NC(=O)OCc2ccccc2)C[C@@]1(NC(=O)OCc1ccccc1)C(=O)OCc1ccccc1. The van der Waals surface area contributed by atoms with Gasteiger partial charge in [0.05, 0.1) is 13.2 Å². The Labute approximate surface area is 261 Å². The van der Waals surface area contributed by atoms with Crippen molar-refractivity contribution in [3.05, 3.63) is 120 Å². The van der Waals surface area contributed by atoms with Crippen LogP contribution in [-0.2, 0) is 43.6 Å². The van der Waals surface area contributed by atoms with E-state index in [-0.39, 0.29) is 39.3 Å². The summed E-state index contributed by atoms with van der Waals surface area (Å²) < 4.78 is 16.3. The lowest BCUT2D eigenvalue weighted by atomic mass is 9.84. The van der Waals surface area contributed by atoms with Gasteiger partial charge in [-0.3, -0.25) is 4.79 Å². The van der Waals surface area contributed by atoms with E-state index in [0.717, 1.165) is 16.7 Å². The summed E-state index contributed by atoms with van der Waals surface area (Å²) in [6, 6.07) is 25.7. The number of hydrogen-bond acceptors (Lipinski definition) is 8. The Morgan fingerprint density at radius 3 is 1.80 bits per heavy atom. The summed E-state index contributed by atoms with van der Waals surface area (Å²) in [7, 11) is 0. The number of esters is 1. The number of nitrogens with zero attached hydrogens (tertiary/aromatic N) is 1. The zero-order chi connectivity index (χ0) is 32.1. The Hall–Kier alpha value is -5.16. The largest absolute Gasteiger partial charge is 0.459 e. The maximum atomic E-state index is 13.8. The molecule has 0 bridgehead atoms. The fourth-order valence-electron chi connectivity index (χ4n) is 5.09. The molecule has 1 heterocycles. The van der Waals surface area contributed by atoms with E-state index in [9.17, 15) is 24.3 Å². The molecule has 236 valence electrons. The second kappa shape index (κ2) is 16.1. The van der Waals surface area contributed by atoms with Crippen molar-refractivity contribution in [2.75, 3.05) is 19.7 Å². The molecular weight excluding hydrogens is 578 g/mol. The molecule has 1 fully saturated rings. The molecule has 0 unspecified atom stereocenters. The predicted octanol–water partition coefficient (Wildman–Crippen LogP) is 3.72. The number of nitrogens with one attached hydrogen (secondary N) is 2. The van der Waals surface area contributed by atoms with Crippen molar-refractivity contribution in [3.8, 4) is 0 Å². The molecule has 3 atom stereocenters. The molecule has 1 saturated heterocycles. The Morgan fingerprint density at radius 2 is 1.31 bits per heavy atom. The van der Waals surface area contributed by atoms with Gasteiger partial charge >= 0.3 is 18.2 Å². The highest BCUT2D eigenvalue weighted by Gasteiger charge is 2.56. The number of likely N-dealkylation sites (tertiary alicyclic amines) is 1. The summed E-state index contributed by atoms with van der Waals surface area (Å²) in [5, 5.41) is 15.1. The van der Waals surface area contributed by atoms with E-state index in [0.29, 0.717) is 0 Å². The van der Waals surface area contributed by atoms with Crippen molar-refractivity contribution in [1.29, 1.82) is 0 Å². The van der Waals surface area contributed by atoms with E-state index < -0.39 is 48.2 Å². The third-order valence-electron chi connectivity index (χ3n) is 7.44. The number of carbonyl (C=O) groups is 4. The number of carbonyl (C=O) groups excluding carboxylic acids is 4. The van der Waals surface area contributed by atoms with Crippen LogP contribution < -0.4 is 10.6 Å². The van der Waals surface area contributed by atoms with Gasteiger partial charge < -0.3 is 34.9 Å². The third-order valence-corrected chi connectivity index (χ3v) is 7.44. The maximum Gasteiger partial charge on any atom is 0.408 e. The number of allylic oxidation sites excluding steroid dienone is 1. The predicted molar refractivity (Wildman–Crippen MR) is 164 cm³/mol. The molecule has 0 saturated carbocycles. The Morgan fingerprint density at radius 1 is 0.822 bits per heavy atom. The number of benzene rings is 3. The minimum absolute atomic E-state index is 0.00149.